The fourth-order valence-corrected chi connectivity index (χ4v) is 2.88. The number of benzene rings is 3. The van der Waals surface area contributed by atoms with Crippen LogP contribution in [0.1, 0.15) is 54.7 Å². The third kappa shape index (κ3) is 5.96. The molecular weight excluding hydrogens is 391 g/mol. The Labute approximate surface area is 182 Å². The summed E-state index contributed by atoms with van der Waals surface area (Å²) in [5, 5.41) is 0. The van der Waals surface area contributed by atoms with Crippen LogP contribution in [0.3, 0.4) is 0 Å². The second-order valence-electron chi connectivity index (χ2n) is 8.07. The van der Waals surface area contributed by atoms with E-state index in [-0.39, 0.29) is 17.6 Å². The molecule has 31 heavy (non-hydrogen) atoms. The van der Waals surface area contributed by atoms with Crippen LogP contribution in [0.4, 0.5) is 4.39 Å². The van der Waals surface area contributed by atoms with Gasteiger partial charge in [-0.05, 0) is 72.5 Å². The number of esters is 1. The Balaban J connectivity index is 1.67. The van der Waals surface area contributed by atoms with Crippen molar-refractivity contribution in [2.45, 2.75) is 33.1 Å². The molecule has 0 saturated carbocycles. The Kier molecular flexibility index (Phi) is 6.77. The lowest BCUT2D eigenvalue weighted by Gasteiger charge is -2.19. The molecule has 158 valence electrons. The number of hydrogen-bond acceptors (Lipinski definition) is 3. The van der Waals surface area contributed by atoms with Gasteiger partial charge in [0, 0.05) is 11.1 Å². The van der Waals surface area contributed by atoms with Crippen LogP contribution < -0.4 is 4.74 Å². The lowest BCUT2D eigenvalue weighted by atomic mass is 9.87. The number of carbonyl (C=O) groups excluding carboxylic acids is 1. The zero-order chi connectivity index (χ0) is 22.4. The van der Waals surface area contributed by atoms with Crippen LogP contribution in [0.15, 0.2) is 66.7 Å². The van der Waals surface area contributed by atoms with Gasteiger partial charge < -0.3 is 9.47 Å². The molecule has 0 spiro atoms. The Bertz CT molecular complexity index is 1110. The minimum Gasteiger partial charge on any atom is -0.462 e. The number of halogens is 1. The molecular formula is C27H25FO3. The molecule has 0 amide bonds. The van der Waals surface area contributed by atoms with Crippen LogP contribution in [0.5, 0.6) is 11.5 Å². The third-order valence-corrected chi connectivity index (χ3v) is 4.63. The van der Waals surface area contributed by atoms with Gasteiger partial charge in [0.2, 0.25) is 0 Å². The molecule has 0 aliphatic rings. The maximum atomic E-state index is 14.1. The molecule has 0 aliphatic heterocycles. The van der Waals surface area contributed by atoms with Gasteiger partial charge in [-0.25, -0.2) is 9.18 Å². The van der Waals surface area contributed by atoms with E-state index in [1.165, 1.54) is 17.7 Å². The Morgan fingerprint density at radius 2 is 1.42 bits per heavy atom. The van der Waals surface area contributed by atoms with Gasteiger partial charge in [0.15, 0.2) is 0 Å². The summed E-state index contributed by atoms with van der Waals surface area (Å²) in [6.07, 6.45) is 0. The van der Waals surface area contributed by atoms with Crippen LogP contribution in [-0.2, 0) is 10.2 Å². The van der Waals surface area contributed by atoms with Crippen molar-refractivity contribution in [1.29, 1.82) is 0 Å². The molecule has 3 nitrogen and oxygen atoms in total. The highest BCUT2D eigenvalue weighted by Gasteiger charge is 2.13. The monoisotopic (exact) mass is 416 g/mol. The SMILES string of the molecule is CCOC(=O)c1ccc(C#Cc2ccc(Oc3ccc(C(C)(C)C)cc3)cc2)cc1F. The van der Waals surface area contributed by atoms with E-state index in [9.17, 15) is 9.18 Å². The third-order valence-electron chi connectivity index (χ3n) is 4.63. The van der Waals surface area contributed by atoms with E-state index in [0.717, 1.165) is 11.3 Å². The fourth-order valence-electron chi connectivity index (χ4n) is 2.88. The number of carbonyl (C=O) groups is 1. The fraction of sp³-hybridized carbons (Fsp3) is 0.222. The van der Waals surface area contributed by atoms with Crippen LogP contribution in [0, 0.1) is 17.7 Å². The maximum absolute atomic E-state index is 14.1. The minimum atomic E-state index is -0.678. The lowest BCUT2D eigenvalue weighted by Crippen LogP contribution is -2.10. The summed E-state index contributed by atoms with van der Waals surface area (Å²) < 4.78 is 24.8. The molecule has 0 fully saturated rings. The molecule has 0 radical (unpaired) electrons. The molecule has 3 aromatic carbocycles. The van der Waals surface area contributed by atoms with Gasteiger partial charge >= 0.3 is 5.97 Å². The maximum Gasteiger partial charge on any atom is 0.341 e. The molecule has 4 heteroatoms. The van der Waals surface area contributed by atoms with E-state index in [1.54, 1.807) is 13.0 Å². The molecule has 3 aromatic rings. The van der Waals surface area contributed by atoms with Gasteiger partial charge in [0.1, 0.15) is 17.3 Å². The van der Waals surface area contributed by atoms with E-state index in [0.29, 0.717) is 11.3 Å². The molecule has 3 rings (SSSR count). The molecule has 0 aliphatic carbocycles. The van der Waals surface area contributed by atoms with Crippen molar-refractivity contribution in [3.63, 3.8) is 0 Å². The highest BCUT2D eigenvalue weighted by Crippen LogP contribution is 2.27. The summed E-state index contributed by atoms with van der Waals surface area (Å²) in [6, 6.07) is 19.6. The standard InChI is InChI=1S/C27H25FO3/c1-5-30-26(29)24-17-10-20(18-25(24)28)7-6-19-8-13-22(14-9-19)31-23-15-11-21(12-16-23)27(2,3)4/h8-18H,5H2,1-4H3. The normalized spacial score (nSPS) is 10.7. The molecule has 0 heterocycles. The summed E-state index contributed by atoms with van der Waals surface area (Å²) in [5.74, 6) is 6.05. The van der Waals surface area contributed by atoms with E-state index in [1.807, 2.05) is 36.4 Å². The molecule has 0 atom stereocenters. The Hall–Kier alpha value is -3.58. The summed E-state index contributed by atoms with van der Waals surface area (Å²) in [5.41, 5.74) is 2.50. The first-order chi connectivity index (χ1) is 14.8. The quantitative estimate of drug-likeness (QED) is 0.360. The van der Waals surface area contributed by atoms with Crippen molar-refractivity contribution in [3.05, 3.63) is 94.8 Å². The van der Waals surface area contributed by atoms with E-state index >= 15 is 0 Å². The van der Waals surface area contributed by atoms with Crippen LogP contribution >= 0.6 is 0 Å². The van der Waals surface area contributed by atoms with E-state index < -0.39 is 11.8 Å². The molecule has 0 saturated heterocycles. The second kappa shape index (κ2) is 9.49. The number of ether oxygens (including phenoxy) is 2. The van der Waals surface area contributed by atoms with Crippen molar-refractivity contribution in [1.82, 2.24) is 0 Å². The van der Waals surface area contributed by atoms with Gasteiger partial charge in [0.05, 0.1) is 12.2 Å². The van der Waals surface area contributed by atoms with Gasteiger partial charge in [-0.3, -0.25) is 0 Å². The highest BCUT2D eigenvalue weighted by atomic mass is 19.1. The van der Waals surface area contributed by atoms with Crippen LogP contribution in [-0.4, -0.2) is 12.6 Å². The van der Waals surface area contributed by atoms with E-state index in [2.05, 4.69) is 44.7 Å². The van der Waals surface area contributed by atoms with Crippen molar-refractivity contribution in [2.24, 2.45) is 0 Å². The molecule has 0 unspecified atom stereocenters. The van der Waals surface area contributed by atoms with Gasteiger partial charge in [-0.1, -0.05) is 44.7 Å². The van der Waals surface area contributed by atoms with Gasteiger partial charge in [-0.15, -0.1) is 0 Å². The zero-order valence-electron chi connectivity index (χ0n) is 18.2. The van der Waals surface area contributed by atoms with Crippen LogP contribution in [0.2, 0.25) is 0 Å². The average molecular weight is 416 g/mol. The Morgan fingerprint density at radius 1 is 0.871 bits per heavy atom. The first kappa shape index (κ1) is 22.1. The zero-order valence-corrected chi connectivity index (χ0v) is 18.2. The topological polar surface area (TPSA) is 35.5 Å². The predicted octanol–water partition coefficient (Wildman–Crippen LogP) is 6.49. The largest absolute Gasteiger partial charge is 0.462 e. The summed E-state index contributed by atoms with van der Waals surface area (Å²) in [4.78, 5) is 11.7. The van der Waals surface area contributed by atoms with E-state index in [4.69, 9.17) is 9.47 Å². The first-order valence-corrected chi connectivity index (χ1v) is 10.1. The molecule has 0 bridgehead atoms. The van der Waals surface area contributed by atoms with Crippen molar-refractivity contribution in [3.8, 4) is 23.3 Å². The van der Waals surface area contributed by atoms with Crippen molar-refractivity contribution < 1.29 is 18.7 Å². The van der Waals surface area contributed by atoms with Gasteiger partial charge in [0.25, 0.3) is 0 Å². The summed E-state index contributed by atoms with van der Waals surface area (Å²) in [7, 11) is 0. The Morgan fingerprint density at radius 3 is 1.97 bits per heavy atom. The first-order valence-electron chi connectivity index (χ1n) is 10.1. The molecule has 0 aromatic heterocycles. The summed E-state index contributed by atoms with van der Waals surface area (Å²) in [6.45, 7) is 8.39. The minimum absolute atomic E-state index is 0.0931. The van der Waals surface area contributed by atoms with Crippen molar-refractivity contribution in [2.75, 3.05) is 6.61 Å². The molecule has 0 N–H and O–H groups in total. The smallest absolute Gasteiger partial charge is 0.341 e. The highest BCUT2D eigenvalue weighted by molar-refractivity contribution is 5.89. The van der Waals surface area contributed by atoms with Crippen molar-refractivity contribution >= 4 is 5.97 Å². The van der Waals surface area contributed by atoms with Gasteiger partial charge in [-0.2, -0.15) is 0 Å². The second-order valence-corrected chi connectivity index (χ2v) is 8.07. The number of rotatable bonds is 4. The lowest BCUT2D eigenvalue weighted by molar-refractivity contribution is 0.0521. The summed E-state index contributed by atoms with van der Waals surface area (Å²) >= 11 is 0. The van der Waals surface area contributed by atoms with Crippen LogP contribution in [0.25, 0.3) is 0 Å². The predicted molar refractivity (Wildman–Crippen MR) is 120 cm³/mol. The average Bonchev–Trinajstić information content (AvgIpc) is 2.73. The number of hydrogen-bond donors (Lipinski definition) is 0.